The first-order valence-electron chi connectivity index (χ1n) is 9.05. The van der Waals surface area contributed by atoms with Crippen LogP contribution in [0.1, 0.15) is 48.4 Å². The maximum absolute atomic E-state index is 12.3. The minimum atomic E-state index is -0.391. The molecule has 0 spiro atoms. The van der Waals surface area contributed by atoms with E-state index in [9.17, 15) is 15.0 Å². The summed E-state index contributed by atoms with van der Waals surface area (Å²) in [5.74, 6) is 0.147. The summed E-state index contributed by atoms with van der Waals surface area (Å²) < 4.78 is 0. The summed E-state index contributed by atoms with van der Waals surface area (Å²) in [5.41, 5.74) is 8.92. The first-order valence-corrected chi connectivity index (χ1v) is 9.05. The Morgan fingerprint density at radius 1 is 1.15 bits per heavy atom. The molecule has 1 saturated heterocycles. The Kier molecular flexibility index (Phi) is 5.59. The number of rotatable bonds is 5. The molecule has 1 fully saturated rings. The van der Waals surface area contributed by atoms with E-state index in [4.69, 9.17) is 5.73 Å². The number of nitrogens with zero attached hydrogens (tertiary/aromatic N) is 1. The first kappa shape index (κ1) is 18.4. The number of nitrogens with two attached hydrogens (primary N) is 1. The molecule has 0 radical (unpaired) electrons. The zero-order valence-corrected chi connectivity index (χ0v) is 15.1. The van der Waals surface area contributed by atoms with Gasteiger partial charge in [-0.1, -0.05) is 30.3 Å². The van der Waals surface area contributed by atoms with Crippen molar-refractivity contribution in [3.05, 3.63) is 59.2 Å². The predicted molar refractivity (Wildman–Crippen MR) is 101 cm³/mol. The molecule has 1 aliphatic heterocycles. The van der Waals surface area contributed by atoms with Gasteiger partial charge in [0.1, 0.15) is 0 Å². The Morgan fingerprint density at radius 3 is 2.50 bits per heavy atom. The third-order valence-corrected chi connectivity index (χ3v) is 5.25. The normalized spacial score (nSPS) is 17.2. The summed E-state index contributed by atoms with van der Waals surface area (Å²) >= 11 is 0. The highest BCUT2D eigenvalue weighted by atomic mass is 16.3. The van der Waals surface area contributed by atoms with Crippen LogP contribution in [-0.2, 0) is 11.3 Å². The van der Waals surface area contributed by atoms with Crippen molar-refractivity contribution in [1.82, 2.24) is 4.90 Å². The lowest BCUT2D eigenvalue weighted by Gasteiger charge is -2.37. The Balaban J connectivity index is 1.73. The van der Waals surface area contributed by atoms with E-state index in [1.54, 1.807) is 13.0 Å². The summed E-state index contributed by atoms with van der Waals surface area (Å²) in [5, 5.41) is 19.3. The van der Waals surface area contributed by atoms with Crippen LogP contribution in [0.4, 0.5) is 0 Å². The van der Waals surface area contributed by atoms with E-state index in [0.717, 1.165) is 37.1 Å². The van der Waals surface area contributed by atoms with Gasteiger partial charge in [0.15, 0.2) is 17.3 Å². The fraction of sp³-hybridized carbons (Fsp3) is 0.381. The summed E-state index contributed by atoms with van der Waals surface area (Å²) in [4.78, 5) is 14.4. The fourth-order valence-electron chi connectivity index (χ4n) is 3.88. The summed E-state index contributed by atoms with van der Waals surface area (Å²) in [7, 11) is 0. The van der Waals surface area contributed by atoms with Gasteiger partial charge in [-0.15, -0.1) is 0 Å². The van der Waals surface area contributed by atoms with Crippen LogP contribution < -0.4 is 5.73 Å². The molecule has 0 aromatic heterocycles. The molecular weight excluding hydrogens is 328 g/mol. The van der Waals surface area contributed by atoms with Gasteiger partial charge in [-0.3, -0.25) is 9.69 Å². The van der Waals surface area contributed by atoms with E-state index in [0.29, 0.717) is 12.5 Å². The molecular formula is C21H26N2O3. The Hall–Kier alpha value is -2.37. The van der Waals surface area contributed by atoms with Gasteiger partial charge >= 0.3 is 0 Å². The molecule has 3 rings (SSSR count). The predicted octanol–water partition coefficient (Wildman–Crippen LogP) is 3.07. The largest absolute Gasteiger partial charge is 0.504 e. The lowest BCUT2D eigenvalue weighted by molar-refractivity contribution is -0.122. The second-order valence-electron chi connectivity index (χ2n) is 7.02. The zero-order valence-electron chi connectivity index (χ0n) is 15.1. The highest BCUT2D eigenvalue weighted by Gasteiger charge is 2.30. The second kappa shape index (κ2) is 7.89. The fourth-order valence-corrected chi connectivity index (χ4v) is 3.88. The van der Waals surface area contributed by atoms with Crippen molar-refractivity contribution in [3.8, 4) is 11.5 Å². The van der Waals surface area contributed by atoms with Gasteiger partial charge in [-0.05, 0) is 67.6 Å². The molecule has 1 aliphatic rings. The van der Waals surface area contributed by atoms with E-state index < -0.39 is 6.04 Å². The molecule has 26 heavy (non-hydrogen) atoms. The number of likely N-dealkylation sites (tertiary alicyclic amines) is 1. The monoisotopic (exact) mass is 354 g/mol. The molecule has 5 heteroatoms. The van der Waals surface area contributed by atoms with Gasteiger partial charge < -0.3 is 15.9 Å². The minimum Gasteiger partial charge on any atom is -0.504 e. The number of hydrogen-bond donors (Lipinski definition) is 3. The Morgan fingerprint density at radius 2 is 1.88 bits per heavy atom. The summed E-state index contributed by atoms with van der Waals surface area (Å²) in [6.45, 7) is 3.74. The SMILES string of the molecule is CC(=O)C(c1ccc(O)c(O)c1)N1CCC(c2cccc(CN)c2)CC1. The molecule has 2 aromatic rings. The zero-order chi connectivity index (χ0) is 18.7. The van der Waals surface area contributed by atoms with E-state index in [1.165, 1.54) is 17.7 Å². The topological polar surface area (TPSA) is 86.8 Å². The number of carbonyl (C=O) groups is 1. The number of piperidine rings is 1. The Bertz CT molecular complexity index is 783. The van der Waals surface area contributed by atoms with Crippen molar-refractivity contribution in [2.24, 2.45) is 5.73 Å². The molecule has 0 bridgehead atoms. The van der Waals surface area contributed by atoms with Crippen LogP contribution in [0.2, 0.25) is 0 Å². The minimum absolute atomic E-state index is 0.0404. The molecule has 0 amide bonds. The number of phenolic OH excluding ortho intramolecular Hbond substituents is 2. The maximum Gasteiger partial charge on any atom is 0.157 e. The number of Topliss-reactive ketones (excluding diaryl/α,β-unsaturated/α-hetero) is 1. The van der Waals surface area contributed by atoms with Crippen molar-refractivity contribution in [2.45, 2.75) is 38.3 Å². The summed E-state index contributed by atoms with van der Waals surface area (Å²) in [6.07, 6.45) is 1.95. The van der Waals surface area contributed by atoms with Crippen molar-refractivity contribution in [2.75, 3.05) is 13.1 Å². The standard InChI is InChI=1S/C21H26N2O3/c1-14(24)21(18-5-6-19(25)20(26)12-18)23-9-7-16(8-10-23)17-4-2-3-15(11-17)13-22/h2-6,11-12,16,21,25-26H,7-10,13,22H2,1H3. The van der Waals surface area contributed by atoms with Crippen LogP contribution in [0, 0.1) is 0 Å². The van der Waals surface area contributed by atoms with E-state index in [1.807, 2.05) is 6.07 Å². The number of hydrogen-bond acceptors (Lipinski definition) is 5. The number of phenols is 2. The molecule has 1 unspecified atom stereocenters. The van der Waals surface area contributed by atoms with Gasteiger partial charge in [0.2, 0.25) is 0 Å². The van der Waals surface area contributed by atoms with Crippen LogP contribution in [0.5, 0.6) is 11.5 Å². The molecule has 1 heterocycles. The molecule has 4 N–H and O–H groups in total. The molecule has 5 nitrogen and oxygen atoms in total. The Labute approximate surface area is 154 Å². The molecule has 2 aromatic carbocycles. The smallest absolute Gasteiger partial charge is 0.157 e. The van der Waals surface area contributed by atoms with Crippen molar-refractivity contribution in [3.63, 3.8) is 0 Å². The third kappa shape index (κ3) is 3.89. The van der Waals surface area contributed by atoms with Gasteiger partial charge in [-0.25, -0.2) is 0 Å². The summed E-state index contributed by atoms with van der Waals surface area (Å²) in [6, 6.07) is 12.7. The molecule has 0 saturated carbocycles. The van der Waals surface area contributed by atoms with Gasteiger partial charge in [-0.2, -0.15) is 0 Å². The van der Waals surface area contributed by atoms with Crippen molar-refractivity contribution >= 4 is 5.78 Å². The molecule has 0 aliphatic carbocycles. The maximum atomic E-state index is 12.3. The van der Waals surface area contributed by atoms with Gasteiger partial charge in [0, 0.05) is 6.54 Å². The van der Waals surface area contributed by atoms with Crippen LogP contribution >= 0.6 is 0 Å². The number of benzene rings is 2. The van der Waals surface area contributed by atoms with E-state index in [2.05, 4.69) is 23.1 Å². The van der Waals surface area contributed by atoms with E-state index in [-0.39, 0.29) is 17.3 Å². The second-order valence-corrected chi connectivity index (χ2v) is 7.02. The average molecular weight is 354 g/mol. The van der Waals surface area contributed by atoms with Crippen LogP contribution in [0.15, 0.2) is 42.5 Å². The highest BCUT2D eigenvalue weighted by molar-refractivity contribution is 5.83. The lowest BCUT2D eigenvalue weighted by atomic mass is 9.87. The van der Waals surface area contributed by atoms with Crippen LogP contribution in [0.25, 0.3) is 0 Å². The van der Waals surface area contributed by atoms with Crippen molar-refractivity contribution < 1.29 is 15.0 Å². The highest BCUT2D eigenvalue weighted by Crippen LogP contribution is 2.35. The quantitative estimate of drug-likeness (QED) is 0.719. The number of ketones is 1. The lowest BCUT2D eigenvalue weighted by Crippen LogP contribution is -2.39. The number of aromatic hydroxyl groups is 2. The van der Waals surface area contributed by atoms with Crippen LogP contribution in [-0.4, -0.2) is 34.0 Å². The van der Waals surface area contributed by atoms with Gasteiger partial charge in [0.25, 0.3) is 0 Å². The molecule has 1 atom stereocenters. The molecule has 138 valence electrons. The van der Waals surface area contributed by atoms with Gasteiger partial charge in [0.05, 0.1) is 6.04 Å². The van der Waals surface area contributed by atoms with Crippen LogP contribution in [0.3, 0.4) is 0 Å². The van der Waals surface area contributed by atoms with Crippen molar-refractivity contribution in [1.29, 1.82) is 0 Å². The first-order chi connectivity index (χ1) is 12.5. The third-order valence-electron chi connectivity index (χ3n) is 5.25. The van der Waals surface area contributed by atoms with E-state index >= 15 is 0 Å². The number of carbonyl (C=O) groups excluding carboxylic acids is 1. The average Bonchev–Trinajstić information content (AvgIpc) is 2.65.